The highest BCUT2D eigenvalue weighted by Crippen LogP contribution is 2.05. The molecule has 0 aliphatic rings. The molecule has 65 valence electrons. The molecule has 1 nitrogen and oxygen atoms in total. The molecule has 0 aliphatic carbocycles. The Bertz CT molecular complexity index is 97.0. The molecule has 0 unspecified atom stereocenters. The standard InChI is InChI=1S/C10H19O/c1-3-5-6-7-8-9-10(11)4-2/h1,3-9H2,2H3. The van der Waals surface area contributed by atoms with E-state index in [-0.39, 0.29) is 0 Å². The molecule has 0 aliphatic heterocycles. The van der Waals surface area contributed by atoms with E-state index in [1.54, 1.807) is 0 Å². The van der Waals surface area contributed by atoms with Crippen LogP contribution in [0.15, 0.2) is 0 Å². The van der Waals surface area contributed by atoms with Crippen molar-refractivity contribution in [1.82, 2.24) is 0 Å². The van der Waals surface area contributed by atoms with Gasteiger partial charge in [-0.25, -0.2) is 0 Å². The minimum Gasteiger partial charge on any atom is -0.300 e. The Morgan fingerprint density at radius 1 is 1.18 bits per heavy atom. The highest BCUT2D eigenvalue weighted by molar-refractivity contribution is 5.77. The van der Waals surface area contributed by atoms with Crippen molar-refractivity contribution in [1.29, 1.82) is 0 Å². The van der Waals surface area contributed by atoms with Crippen LogP contribution in [-0.2, 0) is 4.79 Å². The number of hydrogen-bond donors (Lipinski definition) is 0. The molecule has 0 saturated heterocycles. The van der Waals surface area contributed by atoms with Crippen LogP contribution in [0.5, 0.6) is 0 Å². The Morgan fingerprint density at radius 3 is 2.36 bits per heavy atom. The number of ketones is 1. The Labute approximate surface area is 70.2 Å². The molecule has 11 heavy (non-hydrogen) atoms. The summed E-state index contributed by atoms with van der Waals surface area (Å²) in [5.74, 6) is 0.402. The minimum atomic E-state index is 0.402. The van der Waals surface area contributed by atoms with Crippen LogP contribution >= 0.6 is 0 Å². The van der Waals surface area contributed by atoms with E-state index in [0.717, 1.165) is 19.3 Å². The highest BCUT2D eigenvalue weighted by atomic mass is 16.1. The molecule has 0 rings (SSSR count). The first kappa shape index (κ1) is 10.7. The van der Waals surface area contributed by atoms with Gasteiger partial charge in [0.1, 0.15) is 5.78 Å². The number of carbonyl (C=O) groups excluding carboxylic acids is 1. The minimum absolute atomic E-state index is 0.402. The lowest BCUT2D eigenvalue weighted by Crippen LogP contribution is -1.93. The lowest BCUT2D eigenvalue weighted by molar-refractivity contribution is -0.118. The Morgan fingerprint density at radius 2 is 1.82 bits per heavy atom. The predicted octanol–water partition coefficient (Wildman–Crippen LogP) is 3.14. The molecule has 0 saturated carbocycles. The zero-order valence-electron chi connectivity index (χ0n) is 7.57. The van der Waals surface area contributed by atoms with Crippen molar-refractivity contribution in [3.05, 3.63) is 6.92 Å². The maximum absolute atomic E-state index is 10.8. The molecule has 0 amide bonds. The van der Waals surface area contributed by atoms with Gasteiger partial charge in [0.25, 0.3) is 0 Å². The third kappa shape index (κ3) is 7.57. The number of rotatable bonds is 7. The Hall–Kier alpha value is -0.330. The van der Waals surface area contributed by atoms with Gasteiger partial charge in [0.15, 0.2) is 0 Å². The van der Waals surface area contributed by atoms with E-state index < -0.39 is 0 Å². The fourth-order valence-corrected chi connectivity index (χ4v) is 1.03. The van der Waals surface area contributed by atoms with Gasteiger partial charge in [0, 0.05) is 12.8 Å². The van der Waals surface area contributed by atoms with Crippen LogP contribution in [0.25, 0.3) is 0 Å². The molecule has 0 bridgehead atoms. The molecule has 1 radical (unpaired) electrons. The first-order valence-corrected chi connectivity index (χ1v) is 4.62. The zero-order chi connectivity index (χ0) is 8.53. The van der Waals surface area contributed by atoms with Crippen molar-refractivity contribution in [2.45, 2.75) is 51.9 Å². The molecule has 0 spiro atoms. The molecule has 0 aromatic carbocycles. The second-order valence-corrected chi connectivity index (χ2v) is 2.91. The summed E-state index contributed by atoms with van der Waals surface area (Å²) in [4.78, 5) is 10.8. The quantitative estimate of drug-likeness (QED) is 0.516. The van der Waals surface area contributed by atoms with Crippen molar-refractivity contribution < 1.29 is 4.79 Å². The topological polar surface area (TPSA) is 17.1 Å². The normalized spacial score (nSPS) is 10.0. The van der Waals surface area contributed by atoms with Gasteiger partial charge in [0.2, 0.25) is 0 Å². The SMILES string of the molecule is [CH2]CCCCCCC(=O)CC. The van der Waals surface area contributed by atoms with Gasteiger partial charge in [-0.2, -0.15) is 0 Å². The van der Waals surface area contributed by atoms with Gasteiger partial charge in [0.05, 0.1) is 0 Å². The third-order valence-corrected chi connectivity index (χ3v) is 1.85. The van der Waals surface area contributed by atoms with Crippen molar-refractivity contribution in [3.8, 4) is 0 Å². The molecule has 0 N–H and O–H groups in total. The monoisotopic (exact) mass is 155 g/mol. The summed E-state index contributed by atoms with van der Waals surface area (Å²) in [6.45, 7) is 5.70. The molecular formula is C10H19O. The van der Waals surface area contributed by atoms with E-state index >= 15 is 0 Å². The number of unbranched alkanes of at least 4 members (excludes halogenated alkanes) is 4. The number of carbonyl (C=O) groups is 1. The smallest absolute Gasteiger partial charge is 0.132 e. The van der Waals surface area contributed by atoms with Crippen molar-refractivity contribution >= 4 is 5.78 Å². The molecule has 0 atom stereocenters. The second-order valence-electron chi connectivity index (χ2n) is 2.91. The molecule has 0 heterocycles. The van der Waals surface area contributed by atoms with Crippen LogP contribution in [0, 0.1) is 6.92 Å². The summed E-state index contributed by atoms with van der Waals surface area (Å²) in [5.41, 5.74) is 0. The molecule has 0 aromatic heterocycles. The van der Waals surface area contributed by atoms with E-state index in [1.807, 2.05) is 6.92 Å². The van der Waals surface area contributed by atoms with Crippen molar-refractivity contribution in [3.63, 3.8) is 0 Å². The predicted molar refractivity (Wildman–Crippen MR) is 48.4 cm³/mol. The van der Waals surface area contributed by atoms with Gasteiger partial charge >= 0.3 is 0 Å². The van der Waals surface area contributed by atoms with E-state index in [9.17, 15) is 4.79 Å². The summed E-state index contributed by atoms with van der Waals surface area (Å²) in [5, 5.41) is 0. The van der Waals surface area contributed by atoms with E-state index in [4.69, 9.17) is 0 Å². The maximum atomic E-state index is 10.8. The average molecular weight is 155 g/mol. The lowest BCUT2D eigenvalue weighted by Gasteiger charge is -1.97. The van der Waals surface area contributed by atoms with Crippen LogP contribution in [0.2, 0.25) is 0 Å². The fourth-order valence-electron chi connectivity index (χ4n) is 1.03. The second kappa shape index (κ2) is 7.77. The molecule has 0 aromatic rings. The Balaban J connectivity index is 2.95. The molecular weight excluding hydrogens is 136 g/mol. The molecule has 1 heteroatoms. The number of hydrogen-bond acceptors (Lipinski definition) is 1. The highest BCUT2D eigenvalue weighted by Gasteiger charge is 1.96. The van der Waals surface area contributed by atoms with Crippen LogP contribution in [0.1, 0.15) is 51.9 Å². The van der Waals surface area contributed by atoms with E-state index in [1.165, 1.54) is 19.3 Å². The summed E-state index contributed by atoms with van der Waals surface area (Å²) < 4.78 is 0. The summed E-state index contributed by atoms with van der Waals surface area (Å²) in [6.07, 6.45) is 7.24. The Kier molecular flexibility index (Phi) is 7.54. The molecule has 0 fully saturated rings. The summed E-state index contributed by atoms with van der Waals surface area (Å²) in [7, 11) is 0. The largest absolute Gasteiger partial charge is 0.300 e. The lowest BCUT2D eigenvalue weighted by atomic mass is 10.1. The third-order valence-electron chi connectivity index (χ3n) is 1.85. The van der Waals surface area contributed by atoms with Gasteiger partial charge in [-0.3, -0.25) is 4.79 Å². The van der Waals surface area contributed by atoms with Gasteiger partial charge in [-0.1, -0.05) is 39.5 Å². The van der Waals surface area contributed by atoms with E-state index in [0.29, 0.717) is 12.2 Å². The summed E-state index contributed by atoms with van der Waals surface area (Å²) >= 11 is 0. The van der Waals surface area contributed by atoms with Crippen LogP contribution in [-0.4, -0.2) is 5.78 Å². The van der Waals surface area contributed by atoms with Crippen LogP contribution < -0.4 is 0 Å². The van der Waals surface area contributed by atoms with Crippen molar-refractivity contribution in [2.75, 3.05) is 0 Å². The van der Waals surface area contributed by atoms with Gasteiger partial charge in [-0.05, 0) is 6.42 Å². The first-order valence-electron chi connectivity index (χ1n) is 4.62. The van der Waals surface area contributed by atoms with Crippen LogP contribution in [0.3, 0.4) is 0 Å². The van der Waals surface area contributed by atoms with Crippen LogP contribution in [0.4, 0.5) is 0 Å². The summed E-state index contributed by atoms with van der Waals surface area (Å²) in [6, 6.07) is 0. The average Bonchev–Trinajstić information content (AvgIpc) is 2.04. The van der Waals surface area contributed by atoms with E-state index in [2.05, 4.69) is 6.92 Å². The maximum Gasteiger partial charge on any atom is 0.132 e. The first-order chi connectivity index (χ1) is 5.31. The van der Waals surface area contributed by atoms with Crippen molar-refractivity contribution in [2.24, 2.45) is 0 Å². The van der Waals surface area contributed by atoms with Gasteiger partial charge in [-0.15, -0.1) is 0 Å². The van der Waals surface area contributed by atoms with Gasteiger partial charge < -0.3 is 0 Å². The number of Topliss-reactive ketones (excluding diaryl/α,β-unsaturated/α-hetero) is 1. The fraction of sp³-hybridized carbons (Fsp3) is 0.800. The zero-order valence-corrected chi connectivity index (χ0v) is 7.57.